The second kappa shape index (κ2) is 7.37. The molecule has 0 unspecified atom stereocenters. The molecule has 0 aliphatic carbocycles. The van der Waals surface area contributed by atoms with Crippen molar-refractivity contribution < 1.29 is 9.53 Å². The van der Waals surface area contributed by atoms with Crippen LogP contribution in [0.3, 0.4) is 0 Å². The number of carbonyl (C=O) groups excluding carboxylic acids is 1. The van der Waals surface area contributed by atoms with Crippen molar-refractivity contribution >= 4 is 5.91 Å². The molecule has 0 saturated heterocycles. The van der Waals surface area contributed by atoms with Gasteiger partial charge < -0.3 is 10.1 Å². The van der Waals surface area contributed by atoms with E-state index in [-0.39, 0.29) is 5.91 Å². The summed E-state index contributed by atoms with van der Waals surface area (Å²) >= 11 is 0. The van der Waals surface area contributed by atoms with Crippen LogP contribution in [0.2, 0.25) is 0 Å². The molecule has 0 atom stereocenters. The summed E-state index contributed by atoms with van der Waals surface area (Å²) in [6.07, 6.45) is 1.49. The molecule has 0 spiro atoms. The molecule has 1 N–H and O–H groups in total. The van der Waals surface area contributed by atoms with Crippen molar-refractivity contribution in [1.82, 2.24) is 15.3 Å². The molecule has 5 nitrogen and oxygen atoms in total. The van der Waals surface area contributed by atoms with Crippen molar-refractivity contribution in [2.24, 2.45) is 0 Å². The SMILES string of the molecule is Cc1cc(CNC(=O)c2ccccc2Oc2ccccc2)ncn1. The van der Waals surface area contributed by atoms with E-state index >= 15 is 0 Å². The van der Waals surface area contributed by atoms with E-state index in [1.165, 1.54) is 6.33 Å². The number of aromatic nitrogens is 2. The third-order valence-electron chi connectivity index (χ3n) is 3.39. The molecule has 0 aliphatic rings. The maximum atomic E-state index is 12.5. The van der Waals surface area contributed by atoms with Gasteiger partial charge in [0.05, 0.1) is 17.8 Å². The van der Waals surface area contributed by atoms with E-state index in [0.29, 0.717) is 23.6 Å². The van der Waals surface area contributed by atoms with Gasteiger partial charge in [-0.3, -0.25) is 4.79 Å². The van der Waals surface area contributed by atoms with Gasteiger partial charge in [-0.2, -0.15) is 0 Å². The van der Waals surface area contributed by atoms with Crippen molar-refractivity contribution in [3.63, 3.8) is 0 Å². The highest BCUT2D eigenvalue weighted by Crippen LogP contribution is 2.24. The Morgan fingerprint density at radius 3 is 2.58 bits per heavy atom. The van der Waals surface area contributed by atoms with Gasteiger partial charge in [0.2, 0.25) is 0 Å². The summed E-state index contributed by atoms with van der Waals surface area (Å²) in [7, 11) is 0. The quantitative estimate of drug-likeness (QED) is 0.781. The zero-order valence-electron chi connectivity index (χ0n) is 13.3. The van der Waals surface area contributed by atoms with Crippen LogP contribution in [0.4, 0.5) is 0 Å². The highest BCUT2D eigenvalue weighted by Gasteiger charge is 2.12. The van der Waals surface area contributed by atoms with E-state index in [1.807, 2.05) is 55.5 Å². The van der Waals surface area contributed by atoms with E-state index < -0.39 is 0 Å². The minimum Gasteiger partial charge on any atom is -0.457 e. The molecule has 3 rings (SSSR count). The van der Waals surface area contributed by atoms with Crippen LogP contribution in [0.25, 0.3) is 0 Å². The van der Waals surface area contributed by atoms with E-state index in [2.05, 4.69) is 15.3 Å². The summed E-state index contributed by atoms with van der Waals surface area (Å²) in [5, 5.41) is 2.86. The lowest BCUT2D eigenvalue weighted by molar-refractivity contribution is 0.0948. The third-order valence-corrected chi connectivity index (χ3v) is 3.39. The van der Waals surface area contributed by atoms with Gasteiger partial charge in [-0.1, -0.05) is 30.3 Å². The minimum absolute atomic E-state index is 0.210. The van der Waals surface area contributed by atoms with Gasteiger partial charge in [0.25, 0.3) is 5.91 Å². The standard InChI is InChI=1S/C19H17N3O2/c1-14-11-15(22-13-21-14)12-20-19(23)17-9-5-6-10-18(17)24-16-7-3-2-4-8-16/h2-11,13H,12H2,1H3,(H,20,23). The first-order valence-corrected chi connectivity index (χ1v) is 7.60. The number of nitrogens with one attached hydrogen (secondary N) is 1. The number of carbonyl (C=O) groups is 1. The topological polar surface area (TPSA) is 64.1 Å². The molecule has 2 aromatic carbocycles. The van der Waals surface area contributed by atoms with Crippen molar-refractivity contribution in [2.75, 3.05) is 0 Å². The molecular weight excluding hydrogens is 302 g/mol. The van der Waals surface area contributed by atoms with Crippen LogP contribution in [0.15, 0.2) is 67.0 Å². The Kier molecular flexibility index (Phi) is 4.81. The Morgan fingerprint density at radius 2 is 1.79 bits per heavy atom. The second-order valence-corrected chi connectivity index (χ2v) is 5.24. The van der Waals surface area contributed by atoms with Crippen LogP contribution in [-0.4, -0.2) is 15.9 Å². The summed E-state index contributed by atoms with van der Waals surface area (Å²) in [6, 6.07) is 18.4. The molecule has 0 saturated carbocycles. The highest BCUT2D eigenvalue weighted by molar-refractivity contribution is 5.96. The largest absolute Gasteiger partial charge is 0.457 e. The zero-order valence-corrected chi connectivity index (χ0v) is 13.3. The van der Waals surface area contributed by atoms with Gasteiger partial charge in [0, 0.05) is 5.69 Å². The number of para-hydroxylation sites is 2. The van der Waals surface area contributed by atoms with Gasteiger partial charge in [0.15, 0.2) is 0 Å². The normalized spacial score (nSPS) is 10.2. The van der Waals surface area contributed by atoms with Crippen LogP contribution in [0.5, 0.6) is 11.5 Å². The summed E-state index contributed by atoms with van der Waals surface area (Å²) in [6.45, 7) is 2.22. The number of hydrogen-bond acceptors (Lipinski definition) is 4. The lowest BCUT2D eigenvalue weighted by Crippen LogP contribution is -2.23. The number of benzene rings is 2. The lowest BCUT2D eigenvalue weighted by Gasteiger charge is -2.11. The fourth-order valence-electron chi connectivity index (χ4n) is 2.23. The molecular formula is C19H17N3O2. The number of amides is 1. The Morgan fingerprint density at radius 1 is 1.04 bits per heavy atom. The zero-order chi connectivity index (χ0) is 16.8. The summed E-state index contributed by atoms with van der Waals surface area (Å²) in [5.74, 6) is 0.988. The number of rotatable bonds is 5. The Labute approximate surface area is 140 Å². The maximum absolute atomic E-state index is 12.5. The van der Waals surface area contributed by atoms with Crippen LogP contribution in [-0.2, 0) is 6.54 Å². The summed E-state index contributed by atoms with van der Waals surface area (Å²) < 4.78 is 5.82. The first-order valence-electron chi connectivity index (χ1n) is 7.60. The van der Waals surface area contributed by atoms with Gasteiger partial charge >= 0.3 is 0 Å². The van der Waals surface area contributed by atoms with Crippen LogP contribution < -0.4 is 10.1 Å². The van der Waals surface area contributed by atoms with Gasteiger partial charge in [0.1, 0.15) is 17.8 Å². The molecule has 1 heterocycles. The molecule has 120 valence electrons. The molecule has 3 aromatic rings. The van der Waals surface area contributed by atoms with Crippen molar-refractivity contribution in [3.8, 4) is 11.5 Å². The van der Waals surface area contributed by atoms with Gasteiger partial charge in [-0.15, -0.1) is 0 Å². The van der Waals surface area contributed by atoms with Crippen molar-refractivity contribution in [2.45, 2.75) is 13.5 Å². The van der Waals surface area contributed by atoms with E-state index in [4.69, 9.17) is 4.74 Å². The average Bonchev–Trinajstić information content (AvgIpc) is 2.61. The maximum Gasteiger partial charge on any atom is 0.255 e. The van der Waals surface area contributed by atoms with E-state index in [0.717, 1.165) is 11.4 Å². The predicted octanol–water partition coefficient (Wildman–Crippen LogP) is 3.51. The fourth-order valence-corrected chi connectivity index (χ4v) is 2.23. The van der Waals surface area contributed by atoms with Crippen LogP contribution in [0.1, 0.15) is 21.7 Å². The lowest BCUT2D eigenvalue weighted by atomic mass is 10.2. The summed E-state index contributed by atoms with van der Waals surface area (Å²) in [4.78, 5) is 20.7. The van der Waals surface area contributed by atoms with Crippen LogP contribution in [0, 0.1) is 6.92 Å². The number of nitrogens with zero attached hydrogens (tertiary/aromatic N) is 2. The van der Waals surface area contributed by atoms with E-state index in [9.17, 15) is 4.79 Å². The first-order chi connectivity index (χ1) is 11.7. The number of aryl methyl sites for hydroxylation is 1. The summed E-state index contributed by atoms with van der Waals surface area (Å²) in [5.41, 5.74) is 2.10. The average molecular weight is 319 g/mol. The molecule has 1 aromatic heterocycles. The smallest absolute Gasteiger partial charge is 0.255 e. The molecule has 24 heavy (non-hydrogen) atoms. The van der Waals surface area contributed by atoms with Crippen LogP contribution >= 0.6 is 0 Å². The molecule has 1 amide bonds. The second-order valence-electron chi connectivity index (χ2n) is 5.24. The third kappa shape index (κ3) is 3.95. The van der Waals surface area contributed by atoms with E-state index in [1.54, 1.807) is 12.1 Å². The first kappa shape index (κ1) is 15.7. The minimum atomic E-state index is -0.210. The Balaban J connectivity index is 1.73. The molecule has 0 aliphatic heterocycles. The fraction of sp³-hybridized carbons (Fsp3) is 0.105. The number of hydrogen-bond donors (Lipinski definition) is 1. The molecule has 0 radical (unpaired) electrons. The highest BCUT2D eigenvalue weighted by atomic mass is 16.5. The van der Waals surface area contributed by atoms with Crippen molar-refractivity contribution in [1.29, 1.82) is 0 Å². The van der Waals surface area contributed by atoms with Gasteiger partial charge in [-0.05, 0) is 37.3 Å². The molecule has 5 heteroatoms. The van der Waals surface area contributed by atoms with Gasteiger partial charge in [-0.25, -0.2) is 9.97 Å². The Bertz CT molecular complexity index is 835. The predicted molar refractivity (Wildman–Crippen MR) is 90.9 cm³/mol. The van der Waals surface area contributed by atoms with Crippen molar-refractivity contribution in [3.05, 3.63) is 83.9 Å². The monoisotopic (exact) mass is 319 g/mol. The molecule has 0 bridgehead atoms. The molecule has 0 fully saturated rings. The Hall–Kier alpha value is -3.21. The number of ether oxygens (including phenoxy) is 1.